The van der Waals surface area contributed by atoms with Crippen molar-refractivity contribution < 1.29 is 9.72 Å². The lowest BCUT2D eigenvalue weighted by molar-refractivity contribution is -0.385. The van der Waals surface area contributed by atoms with E-state index in [1.807, 2.05) is 13.8 Å². The number of benzene rings is 1. The molecule has 0 saturated heterocycles. The highest BCUT2D eigenvalue weighted by molar-refractivity contribution is 9.10. The monoisotopic (exact) mass is 356 g/mol. The molecule has 0 unspecified atom stereocenters. The normalized spacial score (nSPS) is 12.1. The number of carbonyl (C=O) groups excluding carboxylic acids is 1. The molecular formula is C15H21BrN2O3. The minimum absolute atomic E-state index is 0.0662. The van der Waals surface area contributed by atoms with Crippen LogP contribution in [0.3, 0.4) is 0 Å². The van der Waals surface area contributed by atoms with Crippen molar-refractivity contribution in [2.45, 2.75) is 46.6 Å². The molecule has 1 aromatic rings. The maximum Gasteiger partial charge on any atom is 0.284 e. The average molecular weight is 357 g/mol. The quantitative estimate of drug-likeness (QED) is 0.645. The summed E-state index contributed by atoms with van der Waals surface area (Å²) in [5.74, 6) is -0.320. The fourth-order valence-electron chi connectivity index (χ4n) is 2.58. The van der Waals surface area contributed by atoms with E-state index in [4.69, 9.17) is 0 Å². The second-order valence-corrected chi connectivity index (χ2v) is 7.76. The molecule has 0 bridgehead atoms. The van der Waals surface area contributed by atoms with Gasteiger partial charge >= 0.3 is 0 Å². The summed E-state index contributed by atoms with van der Waals surface area (Å²) in [5.41, 5.74) is -0.182. The Morgan fingerprint density at radius 2 is 1.86 bits per heavy atom. The minimum Gasteiger partial charge on any atom is -0.347 e. The third-order valence-corrected chi connectivity index (χ3v) is 3.68. The molecule has 0 atom stereocenters. The Morgan fingerprint density at radius 3 is 2.33 bits per heavy atom. The Kier molecular flexibility index (Phi) is 5.15. The molecule has 0 fully saturated rings. The van der Waals surface area contributed by atoms with Crippen LogP contribution in [-0.2, 0) is 0 Å². The first-order chi connectivity index (χ1) is 9.43. The lowest BCUT2D eigenvalue weighted by Crippen LogP contribution is -2.45. The number of halogens is 1. The van der Waals surface area contributed by atoms with Gasteiger partial charge in [0.25, 0.3) is 11.6 Å². The molecule has 0 aliphatic carbocycles. The van der Waals surface area contributed by atoms with Crippen LogP contribution in [0.5, 0.6) is 0 Å². The van der Waals surface area contributed by atoms with Crippen LogP contribution in [0.25, 0.3) is 0 Å². The molecule has 0 radical (unpaired) electrons. The van der Waals surface area contributed by atoms with E-state index in [1.54, 1.807) is 6.07 Å². The summed E-state index contributed by atoms with van der Waals surface area (Å²) in [6.45, 7) is 10.2. The van der Waals surface area contributed by atoms with Crippen molar-refractivity contribution in [1.82, 2.24) is 5.32 Å². The van der Waals surface area contributed by atoms with Crippen molar-refractivity contribution >= 4 is 27.5 Å². The number of hydrogen-bond acceptors (Lipinski definition) is 3. The van der Waals surface area contributed by atoms with Gasteiger partial charge < -0.3 is 5.32 Å². The van der Waals surface area contributed by atoms with Crippen molar-refractivity contribution in [2.24, 2.45) is 5.41 Å². The predicted molar refractivity (Wildman–Crippen MR) is 86.4 cm³/mol. The number of carbonyl (C=O) groups is 1. The maximum atomic E-state index is 12.4. The van der Waals surface area contributed by atoms with Crippen molar-refractivity contribution in [3.05, 3.63) is 38.3 Å². The topological polar surface area (TPSA) is 72.2 Å². The highest BCUT2D eigenvalue weighted by Crippen LogP contribution is 2.30. The van der Waals surface area contributed by atoms with Gasteiger partial charge in [0, 0.05) is 11.6 Å². The molecule has 5 nitrogen and oxygen atoms in total. The standard InChI is InChI=1S/C15H21BrN2O3/c1-14(2,3)9-15(4,5)17-13(19)10-7-6-8-11(12(10)16)18(20)21/h6-8H,9H2,1-5H3,(H,17,19). The summed E-state index contributed by atoms with van der Waals surface area (Å²) in [6, 6.07) is 4.44. The highest BCUT2D eigenvalue weighted by Gasteiger charge is 2.29. The zero-order valence-corrected chi connectivity index (χ0v) is 14.6. The molecule has 116 valence electrons. The summed E-state index contributed by atoms with van der Waals surface area (Å²) in [6.07, 6.45) is 0.790. The van der Waals surface area contributed by atoms with Crippen LogP contribution in [0.4, 0.5) is 5.69 Å². The number of amides is 1. The van der Waals surface area contributed by atoms with E-state index >= 15 is 0 Å². The number of nitrogens with zero attached hydrogens (tertiary/aromatic N) is 1. The highest BCUT2D eigenvalue weighted by atomic mass is 79.9. The van der Waals surface area contributed by atoms with Gasteiger partial charge in [0.1, 0.15) is 4.47 Å². The van der Waals surface area contributed by atoms with E-state index in [1.165, 1.54) is 12.1 Å². The van der Waals surface area contributed by atoms with Crippen LogP contribution >= 0.6 is 15.9 Å². The first-order valence-corrected chi connectivity index (χ1v) is 7.48. The molecule has 1 amide bonds. The number of nitrogens with one attached hydrogen (secondary N) is 1. The van der Waals surface area contributed by atoms with E-state index in [9.17, 15) is 14.9 Å². The Labute approximate surface area is 133 Å². The summed E-state index contributed by atoms with van der Waals surface area (Å²) < 4.78 is 0.207. The molecule has 0 aliphatic heterocycles. The zero-order chi connectivity index (χ0) is 16.4. The summed E-state index contributed by atoms with van der Waals surface area (Å²) in [5, 5.41) is 13.9. The van der Waals surface area contributed by atoms with Crippen molar-refractivity contribution in [1.29, 1.82) is 0 Å². The lowest BCUT2D eigenvalue weighted by Gasteiger charge is -2.33. The number of rotatable bonds is 4. The molecule has 0 aliphatic rings. The molecule has 1 aromatic carbocycles. The first-order valence-electron chi connectivity index (χ1n) is 6.68. The summed E-state index contributed by atoms with van der Waals surface area (Å²) in [4.78, 5) is 22.8. The van der Waals surface area contributed by atoms with Crippen LogP contribution in [0.15, 0.2) is 22.7 Å². The van der Waals surface area contributed by atoms with Crippen molar-refractivity contribution in [2.75, 3.05) is 0 Å². The van der Waals surface area contributed by atoms with Gasteiger partial charge in [-0.1, -0.05) is 26.8 Å². The molecule has 21 heavy (non-hydrogen) atoms. The van der Waals surface area contributed by atoms with Gasteiger partial charge in [-0.15, -0.1) is 0 Å². The Morgan fingerprint density at radius 1 is 1.29 bits per heavy atom. The second-order valence-electron chi connectivity index (χ2n) is 6.97. The predicted octanol–water partition coefficient (Wildman–Crippen LogP) is 4.30. The molecule has 6 heteroatoms. The van der Waals surface area contributed by atoms with Gasteiger partial charge in [-0.25, -0.2) is 0 Å². The molecule has 0 aromatic heterocycles. The Hall–Kier alpha value is -1.43. The number of nitro groups is 1. The van der Waals surface area contributed by atoms with Gasteiger partial charge in [0.05, 0.1) is 10.5 Å². The maximum absolute atomic E-state index is 12.4. The fourth-order valence-corrected chi connectivity index (χ4v) is 3.17. The van der Waals surface area contributed by atoms with Gasteiger partial charge in [-0.2, -0.15) is 0 Å². The lowest BCUT2D eigenvalue weighted by atomic mass is 9.81. The Balaban J connectivity index is 3.00. The van der Waals surface area contributed by atoms with E-state index < -0.39 is 10.5 Å². The number of hydrogen-bond donors (Lipinski definition) is 1. The third kappa shape index (κ3) is 5.12. The molecule has 0 saturated carbocycles. The van der Waals surface area contributed by atoms with Crippen molar-refractivity contribution in [3.63, 3.8) is 0 Å². The summed E-state index contributed by atoms with van der Waals surface area (Å²) >= 11 is 3.15. The largest absolute Gasteiger partial charge is 0.347 e. The van der Waals surface area contributed by atoms with Crippen LogP contribution in [0.2, 0.25) is 0 Å². The van der Waals surface area contributed by atoms with E-state index in [0.717, 1.165) is 6.42 Å². The fraction of sp³-hybridized carbons (Fsp3) is 0.533. The Bertz CT molecular complexity index is 563. The van der Waals surface area contributed by atoms with Crippen LogP contribution in [-0.4, -0.2) is 16.4 Å². The third-order valence-electron chi connectivity index (χ3n) is 2.84. The van der Waals surface area contributed by atoms with Crippen LogP contribution < -0.4 is 5.32 Å². The SMILES string of the molecule is CC(C)(C)CC(C)(C)NC(=O)c1cccc([N+](=O)[O-])c1Br. The smallest absolute Gasteiger partial charge is 0.284 e. The number of nitro benzene ring substituents is 1. The molecular weight excluding hydrogens is 336 g/mol. The van der Waals surface area contributed by atoms with E-state index in [0.29, 0.717) is 0 Å². The van der Waals surface area contributed by atoms with E-state index in [-0.39, 0.29) is 27.0 Å². The molecule has 0 spiro atoms. The second kappa shape index (κ2) is 6.13. The van der Waals surface area contributed by atoms with Crippen LogP contribution in [0.1, 0.15) is 51.4 Å². The zero-order valence-electron chi connectivity index (χ0n) is 13.0. The van der Waals surface area contributed by atoms with Gasteiger partial charge in [0.2, 0.25) is 0 Å². The molecule has 0 heterocycles. The first kappa shape index (κ1) is 17.6. The molecule has 1 N–H and O–H groups in total. The average Bonchev–Trinajstić information content (AvgIpc) is 2.24. The van der Waals surface area contributed by atoms with Gasteiger partial charge in [-0.05, 0) is 47.7 Å². The van der Waals surface area contributed by atoms with E-state index in [2.05, 4.69) is 42.0 Å². The minimum atomic E-state index is -0.513. The summed E-state index contributed by atoms with van der Waals surface area (Å²) in [7, 11) is 0. The van der Waals surface area contributed by atoms with Crippen LogP contribution in [0, 0.1) is 15.5 Å². The van der Waals surface area contributed by atoms with Gasteiger partial charge in [-0.3, -0.25) is 14.9 Å². The van der Waals surface area contributed by atoms with Crippen molar-refractivity contribution in [3.8, 4) is 0 Å². The van der Waals surface area contributed by atoms with Gasteiger partial charge in [0.15, 0.2) is 0 Å². The molecule has 1 rings (SSSR count).